The first-order valence-corrected chi connectivity index (χ1v) is 45.4. The van der Waals surface area contributed by atoms with Gasteiger partial charge in [0, 0.05) is 152 Å². The first-order chi connectivity index (χ1) is 62.3. The maximum absolute atomic E-state index is 12.7. The zero-order chi connectivity index (χ0) is 104. The van der Waals surface area contributed by atoms with Gasteiger partial charge in [-0.15, -0.1) is 0 Å². The SMILES string of the molecule is CC(C)(C)C(O)CC(O)C(C)(C)C.CC(C)(C)C(O)CC(O)C(C)(C)C.CC(C)(C)C(O)CC(O)C(C)(C)C.CC(C)(C)C(O)CC(O)C(C)(C)C.Cc1ccc(-c2ccc3cc(C(F)(F)F)ccc3n2)nc1.Cc1ccc(-c2ccc3cc(C(F)(F)F)ccc3n2)nc1C.Cc1cccnc1-c1ccc2cc(C(F)(F)F)ccc2n1.Cc1ccnc(-c2ccc3cc(C(F)(F)F)ccc3n2)c1.[Ir].[Ir].[Ir].[Ir]. The zero-order valence-corrected chi connectivity index (χ0v) is 95.4. The summed E-state index contributed by atoms with van der Waals surface area (Å²) in [6.45, 7) is 57.2. The van der Waals surface area contributed by atoms with Crippen LogP contribution in [0, 0.1) is 77.9 Å². The van der Waals surface area contributed by atoms with Crippen LogP contribution in [0.4, 0.5) is 52.7 Å². The molecule has 0 saturated carbocycles. The van der Waals surface area contributed by atoms with Crippen LogP contribution in [0.1, 0.15) is 242 Å². The van der Waals surface area contributed by atoms with Gasteiger partial charge in [0.25, 0.3) is 0 Å². The number of alkyl halides is 12. The van der Waals surface area contributed by atoms with Gasteiger partial charge in [0.05, 0.1) is 139 Å². The number of aromatic nitrogens is 8. The molecular formula is C109H142F12Ir4N8O8. The van der Waals surface area contributed by atoms with Crippen molar-refractivity contribution >= 4 is 43.6 Å². The van der Waals surface area contributed by atoms with Crippen LogP contribution in [0.2, 0.25) is 0 Å². The molecule has 786 valence electrons. The standard InChI is InChI=1S/C17H13F3N2.3C16H11F3N2.4C11H24O2.4Ir/c1-10-3-6-15(21-11(10)2)16-7-4-12-9-13(17(18,19)20)5-8-14(12)22-16;1-10-2-5-14(20-9-10)15-6-3-11-8-12(16(17,18)19)4-7-13(11)21-15;1-10-6-7-20-15(8-10)14-4-2-11-9-12(16(17,18)19)3-5-13(11)21-14;1-10-3-2-8-20-15(10)14-6-4-11-9-12(16(17,18)19)5-7-13(11)21-14;4*1-10(2,3)8(12)7-9(13)11(4,5)6;;;;/h3-9H,1-2H3;3*2-9H,1H3;4*8-9,12-13H,7H2,1-6H3;;;;. The number of rotatable bonds is 12. The predicted octanol–water partition coefficient (Wildman–Crippen LogP) is 27.6. The second-order valence-corrected chi connectivity index (χ2v) is 43.6. The Labute approximate surface area is 878 Å². The van der Waals surface area contributed by atoms with E-state index in [-0.39, 0.29) is 124 Å². The van der Waals surface area contributed by atoms with E-state index in [9.17, 15) is 93.5 Å². The van der Waals surface area contributed by atoms with E-state index in [1.165, 1.54) is 24.3 Å². The molecule has 8 atom stereocenters. The van der Waals surface area contributed by atoms with Crippen LogP contribution in [-0.4, -0.2) is 130 Å². The van der Waals surface area contributed by atoms with Crippen LogP contribution in [0.3, 0.4) is 0 Å². The third-order valence-corrected chi connectivity index (χ3v) is 23.1. The first kappa shape index (κ1) is 132. The fourth-order valence-corrected chi connectivity index (χ4v) is 12.3. The summed E-state index contributed by atoms with van der Waals surface area (Å²) in [4.78, 5) is 34.8. The normalized spacial score (nSPS) is 13.9. The van der Waals surface area contributed by atoms with E-state index in [1.54, 1.807) is 67.1 Å². The van der Waals surface area contributed by atoms with Crippen molar-refractivity contribution in [1.82, 2.24) is 39.9 Å². The first-order valence-electron chi connectivity index (χ1n) is 45.4. The van der Waals surface area contributed by atoms with Crippen LogP contribution in [0.15, 0.2) is 188 Å². The number of hydrogen-bond acceptors (Lipinski definition) is 16. The van der Waals surface area contributed by atoms with Gasteiger partial charge in [-0.1, -0.05) is 209 Å². The number of aryl methyl sites for hydroxylation is 5. The topological polar surface area (TPSA) is 265 Å². The Balaban J connectivity index is 0.000000812. The number of pyridine rings is 8. The molecule has 0 aliphatic carbocycles. The molecule has 12 aromatic rings. The summed E-state index contributed by atoms with van der Waals surface area (Å²) < 4.78 is 152. The van der Waals surface area contributed by atoms with Crippen molar-refractivity contribution in [3.05, 3.63) is 239 Å². The van der Waals surface area contributed by atoms with Crippen LogP contribution >= 0.6 is 0 Å². The molecule has 141 heavy (non-hydrogen) atoms. The summed E-state index contributed by atoms with van der Waals surface area (Å²) in [7, 11) is 0. The Morgan fingerprint density at radius 3 is 0.745 bits per heavy atom. The number of halogens is 12. The molecule has 12 rings (SSSR count). The molecule has 16 nitrogen and oxygen atoms in total. The predicted molar refractivity (Wildman–Crippen MR) is 526 cm³/mol. The number of hydrogen-bond donors (Lipinski definition) is 8. The quantitative estimate of drug-likeness (QED) is 0.0529. The van der Waals surface area contributed by atoms with Crippen molar-refractivity contribution in [2.24, 2.45) is 43.3 Å². The molecule has 0 spiro atoms. The Hall–Kier alpha value is -7.44. The number of fused-ring (bicyclic) bond motifs is 4. The molecule has 8 heterocycles. The van der Waals surface area contributed by atoms with Gasteiger partial charge in [-0.3, -0.25) is 19.9 Å². The average molecular weight is 2690 g/mol. The fraction of sp³-hybridized carbons (Fsp3) is 0.486. The van der Waals surface area contributed by atoms with Crippen molar-refractivity contribution < 1.29 is 174 Å². The average Bonchev–Trinajstić information content (AvgIpc) is 0.801. The van der Waals surface area contributed by atoms with Gasteiger partial charge in [-0.2, -0.15) is 52.7 Å². The molecule has 32 heteroatoms. The van der Waals surface area contributed by atoms with E-state index in [0.717, 1.165) is 82.2 Å². The molecule has 0 amide bonds. The minimum atomic E-state index is -4.34. The van der Waals surface area contributed by atoms with Crippen molar-refractivity contribution in [1.29, 1.82) is 0 Å². The molecule has 0 fully saturated rings. The number of aliphatic hydroxyl groups is 8. The number of nitrogens with zero attached hydrogens (tertiary/aromatic N) is 8. The third-order valence-electron chi connectivity index (χ3n) is 23.1. The summed E-state index contributed by atoms with van der Waals surface area (Å²) >= 11 is 0. The van der Waals surface area contributed by atoms with E-state index >= 15 is 0 Å². The Morgan fingerprint density at radius 2 is 0.489 bits per heavy atom. The minimum Gasteiger partial charge on any atom is -0.392 e. The van der Waals surface area contributed by atoms with Gasteiger partial charge in [0.1, 0.15) is 0 Å². The second-order valence-electron chi connectivity index (χ2n) is 43.6. The van der Waals surface area contributed by atoms with Crippen molar-refractivity contribution in [3.8, 4) is 45.6 Å². The molecule has 4 radical (unpaired) electrons. The molecular weight excluding hydrogens is 2550 g/mol. The number of benzene rings is 4. The van der Waals surface area contributed by atoms with Crippen LogP contribution < -0.4 is 0 Å². The van der Waals surface area contributed by atoms with Crippen molar-refractivity contribution in [3.63, 3.8) is 0 Å². The summed E-state index contributed by atoms with van der Waals surface area (Å²) in [6.07, 6.45) is -14.0. The molecule has 4 aromatic carbocycles. The summed E-state index contributed by atoms with van der Waals surface area (Å²) in [5.41, 5.74) is 8.71. The monoisotopic (exact) mass is 2690 g/mol. The third kappa shape index (κ3) is 43.3. The van der Waals surface area contributed by atoms with E-state index in [2.05, 4.69) is 39.9 Å². The molecule has 8 aromatic heterocycles. The van der Waals surface area contributed by atoms with Crippen molar-refractivity contribution in [2.75, 3.05) is 0 Å². The van der Waals surface area contributed by atoms with Crippen LogP contribution in [0.25, 0.3) is 89.2 Å². The van der Waals surface area contributed by atoms with E-state index in [0.29, 0.717) is 109 Å². The van der Waals surface area contributed by atoms with Gasteiger partial charge >= 0.3 is 24.7 Å². The molecule has 0 aliphatic heterocycles. The van der Waals surface area contributed by atoms with Crippen LogP contribution in [0.5, 0.6) is 0 Å². The van der Waals surface area contributed by atoms with E-state index in [1.807, 2.05) is 249 Å². The summed E-state index contributed by atoms with van der Waals surface area (Å²) in [5, 5.41) is 79.9. The summed E-state index contributed by atoms with van der Waals surface area (Å²) in [6, 6.07) is 42.6. The summed E-state index contributed by atoms with van der Waals surface area (Å²) in [5.74, 6) is 0. The Kier molecular flexibility index (Phi) is 50.2. The fourth-order valence-electron chi connectivity index (χ4n) is 12.3. The molecule has 0 aliphatic rings. The minimum absolute atomic E-state index is 0. The van der Waals surface area contributed by atoms with Gasteiger partial charge in [-0.25, -0.2) is 19.9 Å². The second kappa shape index (κ2) is 53.8. The Bertz CT molecular complexity index is 5650. The largest absolute Gasteiger partial charge is 0.416 e. The van der Waals surface area contributed by atoms with Gasteiger partial charge in [-0.05, 0) is 228 Å². The molecule has 0 saturated heterocycles. The number of aliphatic hydroxyl groups excluding tert-OH is 8. The van der Waals surface area contributed by atoms with Gasteiger partial charge in [0.15, 0.2) is 0 Å². The molecule has 8 unspecified atom stereocenters. The Morgan fingerprint density at radius 1 is 0.234 bits per heavy atom. The van der Waals surface area contributed by atoms with Gasteiger partial charge < -0.3 is 40.9 Å². The maximum atomic E-state index is 12.7. The van der Waals surface area contributed by atoms with Crippen molar-refractivity contribution in [2.45, 2.75) is 300 Å². The van der Waals surface area contributed by atoms with Crippen LogP contribution in [-0.2, 0) is 105 Å². The zero-order valence-electron chi connectivity index (χ0n) is 85.9. The van der Waals surface area contributed by atoms with E-state index < -0.39 is 95.8 Å². The smallest absolute Gasteiger partial charge is 0.392 e. The molecule has 8 N–H and O–H groups in total. The van der Waals surface area contributed by atoms with Gasteiger partial charge in [0.2, 0.25) is 0 Å². The maximum Gasteiger partial charge on any atom is 0.416 e. The molecule has 0 bridgehead atoms. The van der Waals surface area contributed by atoms with E-state index in [4.69, 9.17) is 0 Å².